The number of nitrogens with two attached hydrogens (primary N) is 2. The predicted molar refractivity (Wildman–Crippen MR) is 105 cm³/mol. The fourth-order valence-corrected chi connectivity index (χ4v) is 3.17. The Morgan fingerprint density at radius 1 is 0.750 bits per heavy atom. The number of anilines is 2. The Balaban J connectivity index is 2.19. The van der Waals surface area contributed by atoms with Crippen LogP contribution in [0.15, 0.2) is 46.0 Å². The molecule has 0 atom stereocenters. The average Bonchev–Trinajstić information content (AvgIpc) is 2.63. The van der Waals surface area contributed by atoms with Crippen molar-refractivity contribution in [1.82, 2.24) is 9.13 Å². The van der Waals surface area contributed by atoms with E-state index in [1.807, 2.05) is 12.1 Å². The van der Waals surface area contributed by atoms with Crippen LogP contribution in [0.25, 0.3) is 11.4 Å². The Morgan fingerprint density at radius 3 is 1.36 bits per heavy atom. The summed E-state index contributed by atoms with van der Waals surface area (Å²) in [6.45, 7) is 3.44. The molecule has 0 amide bonds. The van der Waals surface area contributed by atoms with E-state index in [4.69, 9.17) is 11.5 Å². The van der Waals surface area contributed by atoms with Crippen LogP contribution in [-0.4, -0.2) is 9.13 Å². The van der Waals surface area contributed by atoms with E-state index in [1.165, 1.54) is 12.1 Å². The van der Waals surface area contributed by atoms with Gasteiger partial charge in [-0.3, -0.25) is 18.7 Å². The first-order chi connectivity index (χ1) is 13.3. The number of hydrogen-bond acceptors (Lipinski definition) is 6. The van der Waals surface area contributed by atoms with Crippen LogP contribution in [0.5, 0.6) is 0 Å². The number of benzene rings is 1. The van der Waals surface area contributed by atoms with Crippen LogP contribution in [0.2, 0.25) is 0 Å². The van der Waals surface area contributed by atoms with Crippen molar-refractivity contribution in [2.24, 2.45) is 0 Å². The monoisotopic (exact) mass is 372 g/mol. The van der Waals surface area contributed by atoms with E-state index in [-0.39, 0.29) is 22.8 Å². The molecule has 2 aromatic heterocycles. The summed E-state index contributed by atoms with van der Waals surface area (Å²) in [6, 6.07) is 13.3. The molecule has 3 aromatic rings. The molecule has 8 nitrogen and oxygen atoms in total. The number of nitriles is 2. The third-order valence-corrected chi connectivity index (χ3v) is 4.46. The average molecular weight is 372 g/mol. The van der Waals surface area contributed by atoms with Gasteiger partial charge >= 0.3 is 0 Å². The van der Waals surface area contributed by atoms with Crippen molar-refractivity contribution in [1.29, 1.82) is 10.5 Å². The summed E-state index contributed by atoms with van der Waals surface area (Å²) < 4.78 is 3.21. The summed E-state index contributed by atoms with van der Waals surface area (Å²) in [6.07, 6.45) is 0. The second-order valence-corrected chi connectivity index (χ2v) is 6.23. The van der Waals surface area contributed by atoms with Gasteiger partial charge in [-0.25, -0.2) is 0 Å². The number of nitrogens with zero attached hydrogens (tertiary/aromatic N) is 4. The van der Waals surface area contributed by atoms with Gasteiger partial charge in [0.2, 0.25) is 10.9 Å². The summed E-state index contributed by atoms with van der Waals surface area (Å²) in [5.41, 5.74) is 13.4. The molecule has 0 spiro atoms. The van der Waals surface area contributed by atoms with E-state index in [9.17, 15) is 20.1 Å². The first kappa shape index (κ1) is 18.5. The molecule has 8 heteroatoms. The minimum atomic E-state index is -0.425. The highest BCUT2D eigenvalue weighted by atomic mass is 16.1. The predicted octanol–water partition coefficient (Wildman–Crippen LogP) is 1.51. The lowest BCUT2D eigenvalue weighted by Gasteiger charge is -2.18. The minimum absolute atomic E-state index is 0.0612. The van der Waals surface area contributed by atoms with E-state index < -0.39 is 10.9 Å². The van der Waals surface area contributed by atoms with Crippen molar-refractivity contribution in [3.63, 3.8) is 0 Å². The van der Waals surface area contributed by atoms with Gasteiger partial charge in [-0.15, -0.1) is 0 Å². The number of aromatic nitrogens is 2. The van der Waals surface area contributed by atoms with Crippen molar-refractivity contribution in [2.45, 2.75) is 13.8 Å². The number of rotatable bonds is 2. The van der Waals surface area contributed by atoms with E-state index in [2.05, 4.69) is 0 Å². The maximum absolute atomic E-state index is 11.9. The Morgan fingerprint density at radius 2 is 1.07 bits per heavy atom. The molecule has 0 unspecified atom stereocenters. The lowest BCUT2D eigenvalue weighted by Crippen LogP contribution is -2.18. The first-order valence-corrected chi connectivity index (χ1v) is 8.25. The molecule has 28 heavy (non-hydrogen) atoms. The Kier molecular flexibility index (Phi) is 4.48. The zero-order valence-electron chi connectivity index (χ0n) is 15.2. The topological polar surface area (TPSA) is 144 Å². The molecule has 1 aromatic carbocycles. The van der Waals surface area contributed by atoms with Crippen LogP contribution >= 0.6 is 0 Å². The number of aryl methyl sites for hydroxylation is 2. The Labute approximate surface area is 160 Å². The van der Waals surface area contributed by atoms with Crippen LogP contribution in [0.1, 0.15) is 22.5 Å². The standard InChI is InChI=1S/C20H16N6O2/c1-11-7-17(27)15(9-21)19(23)25(11)13-3-5-14(6-4-13)26-12(2)8-18(28)16(10-22)20(26)24/h3-8H,23-24H2,1-2H3. The van der Waals surface area contributed by atoms with E-state index in [0.29, 0.717) is 22.8 Å². The lowest BCUT2D eigenvalue weighted by atomic mass is 10.1. The lowest BCUT2D eigenvalue weighted by molar-refractivity contribution is 0.963. The molecule has 0 radical (unpaired) electrons. The van der Waals surface area contributed by atoms with Gasteiger partial charge in [-0.1, -0.05) is 0 Å². The normalized spacial score (nSPS) is 10.3. The molecule has 0 aliphatic heterocycles. The molecular formula is C20H16N6O2. The zero-order valence-corrected chi connectivity index (χ0v) is 15.2. The van der Waals surface area contributed by atoms with E-state index in [1.54, 1.807) is 47.2 Å². The van der Waals surface area contributed by atoms with Crippen molar-refractivity contribution >= 4 is 11.6 Å². The van der Waals surface area contributed by atoms with Crippen molar-refractivity contribution in [3.05, 3.63) is 79.4 Å². The van der Waals surface area contributed by atoms with Crippen molar-refractivity contribution in [2.75, 3.05) is 11.5 Å². The summed E-state index contributed by atoms with van der Waals surface area (Å²) in [4.78, 5) is 23.8. The molecule has 0 saturated heterocycles. The maximum atomic E-state index is 11.9. The number of pyridine rings is 2. The Hall–Kier alpha value is -4.30. The third kappa shape index (κ3) is 2.79. The Bertz CT molecular complexity index is 1200. The van der Waals surface area contributed by atoms with Gasteiger partial charge in [-0.2, -0.15) is 10.5 Å². The molecule has 0 aliphatic rings. The minimum Gasteiger partial charge on any atom is -0.384 e. The van der Waals surface area contributed by atoms with Gasteiger partial charge in [0, 0.05) is 34.9 Å². The largest absolute Gasteiger partial charge is 0.384 e. The molecule has 2 heterocycles. The highest BCUT2D eigenvalue weighted by Gasteiger charge is 2.14. The highest BCUT2D eigenvalue weighted by molar-refractivity contribution is 5.59. The highest BCUT2D eigenvalue weighted by Crippen LogP contribution is 2.22. The fourth-order valence-electron chi connectivity index (χ4n) is 3.17. The second kappa shape index (κ2) is 6.78. The molecule has 4 N–H and O–H groups in total. The van der Waals surface area contributed by atoms with E-state index in [0.717, 1.165) is 0 Å². The SMILES string of the molecule is Cc1cc(=O)c(C#N)c(N)n1-c1ccc(-n2c(C)cc(=O)c(C#N)c2N)cc1. The summed E-state index contributed by atoms with van der Waals surface area (Å²) in [7, 11) is 0. The van der Waals surface area contributed by atoms with Gasteiger partial charge in [0.05, 0.1) is 0 Å². The first-order valence-electron chi connectivity index (χ1n) is 8.25. The van der Waals surface area contributed by atoms with Crippen molar-refractivity contribution < 1.29 is 0 Å². The van der Waals surface area contributed by atoms with Crippen LogP contribution in [0.3, 0.4) is 0 Å². The number of hydrogen-bond donors (Lipinski definition) is 2. The quantitative estimate of drug-likeness (QED) is 0.698. The summed E-state index contributed by atoms with van der Waals surface area (Å²) in [5, 5.41) is 18.3. The molecular weight excluding hydrogens is 356 g/mol. The van der Waals surface area contributed by atoms with Crippen LogP contribution in [-0.2, 0) is 0 Å². The third-order valence-electron chi connectivity index (χ3n) is 4.46. The molecule has 0 saturated carbocycles. The van der Waals surface area contributed by atoms with Crippen molar-refractivity contribution in [3.8, 4) is 23.5 Å². The number of nitrogen functional groups attached to an aromatic ring is 2. The molecule has 0 aliphatic carbocycles. The second-order valence-electron chi connectivity index (χ2n) is 6.23. The maximum Gasteiger partial charge on any atom is 0.201 e. The van der Waals surface area contributed by atoms with Crippen LogP contribution in [0, 0.1) is 36.5 Å². The van der Waals surface area contributed by atoms with E-state index >= 15 is 0 Å². The molecule has 0 fully saturated rings. The van der Waals surface area contributed by atoms with Gasteiger partial charge < -0.3 is 11.5 Å². The molecule has 138 valence electrons. The van der Waals surface area contributed by atoms with Gasteiger partial charge in [-0.05, 0) is 38.1 Å². The fraction of sp³-hybridized carbons (Fsp3) is 0.100. The molecule has 0 bridgehead atoms. The van der Waals surface area contributed by atoms with Crippen LogP contribution < -0.4 is 22.3 Å². The van der Waals surface area contributed by atoms with Gasteiger partial charge in [0.25, 0.3) is 0 Å². The molecule has 3 rings (SSSR count). The van der Waals surface area contributed by atoms with Gasteiger partial charge in [0.15, 0.2) is 0 Å². The van der Waals surface area contributed by atoms with Crippen LogP contribution in [0.4, 0.5) is 11.6 Å². The smallest absolute Gasteiger partial charge is 0.201 e. The zero-order chi connectivity index (χ0) is 20.6. The van der Waals surface area contributed by atoms with Gasteiger partial charge in [0.1, 0.15) is 34.9 Å². The summed E-state index contributed by atoms with van der Waals surface area (Å²) in [5.74, 6) is 0.122. The summed E-state index contributed by atoms with van der Waals surface area (Å²) >= 11 is 0.